The van der Waals surface area contributed by atoms with Crippen LogP contribution in [0.1, 0.15) is 27.0 Å². The molecule has 0 unspecified atom stereocenters. The van der Waals surface area contributed by atoms with Crippen LogP contribution < -0.4 is 15.6 Å². The molecule has 126 valence electrons. The number of hydrogen-bond acceptors (Lipinski definition) is 6. The van der Waals surface area contributed by atoms with Crippen LogP contribution in [-0.2, 0) is 9.53 Å². The first-order chi connectivity index (χ1) is 11.6. The van der Waals surface area contributed by atoms with E-state index in [9.17, 15) is 14.4 Å². The van der Waals surface area contributed by atoms with Gasteiger partial charge >= 0.3 is 5.97 Å². The molecule has 2 aromatic rings. The van der Waals surface area contributed by atoms with Gasteiger partial charge in [0.15, 0.2) is 6.61 Å². The molecule has 1 aromatic carbocycles. The van der Waals surface area contributed by atoms with E-state index in [1.54, 1.807) is 48.7 Å². The zero-order chi connectivity index (χ0) is 17.4. The van der Waals surface area contributed by atoms with Crippen LogP contribution in [0.4, 0.5) is 0 Å². The predicted molar refractivity (Wildman–Crippen MR) is 87.8 cm³/mol. The minimum atomic E-state index is -0.505. The molecule has 0 aliphatic heterocycles. The summed E-state index contributed by atoms with van der Waals surface area (Å²) < 4.78 is 10.1. The number of esters is 1. The van der Waals surface area contributed by atoms with Crippen molar-refractivity contribution < 1.29 is 23.9 Å². The molecule has 7 nitrogen and oxygen atoms in total. The van der Waals surface area contributed by atoms with E-state index < -0.39 is 17.8 Å². The Balaban J connectivity index is 1.75. The molecule has 0 fully saturated rings. The molecular formula is C16H16N2O5S. The summed E-state index contributed by atoms with van der Waals surface area (Å²) in [4.78, 5) is 35.3. The third-order valence-electron chi connectivity index (χ3n) is 2.80. The van der Waals surface area contributed by atoms with Crippen molar-refractivity contribution in [2.45, 2.75) is 6.92 Å². The van der Waals surface area contributed by atoms with Gasteiger partial charge in [0.25, 0.3) is 11.8 Å². The van der Waals surface area contributed by atoms with Crippen LogP contribution in [-0.4, -0.2) is 31.0 Å². The lowest BCUT2D eigenvalue weighted by Gasteiger charge is -2.08. The molecular weight excluding hydrogens is 332 g/mol. The number of rotatable bonds is 6. The minimum absolute atomic E-state index is 0.274. The van der Waals surface area contributed by atoms with Gasteiger partial charge in [-0.2, -0.15) is 0 Å². The molecule has 0 spiro atoms. The maximum absolute atomic E-state index is 11.6. The van der Waals surface area contributed by atoms with E-state index in [1.807, 2.05) is 0 Å². The molecule has 0 aliphatic carbocycles. The number of thiophene rings is 1. The first-order valence-corrected chi connectivity index (χ1v) is 8.00. The molecule has 0 bridgehead atoms. The van der Waals surface area contributed by atoms with Crippen LogP contribution in [0.25, 0.3) is 0 Å². The van der Waals surface area contributed by atoms with E-state index in [4.69, 9.17) is 9.47 Å². The third kappa shape index (κ3) is 5.10. The molecule has 0 aliphatic rings. The van der Waals surface area contributed by atoms with Crippen molar-refractivity contribution in [1.29, 1.82) is 0 Å². The summed E-state index contributed by atoms with van der Waals surface area (Å²) in [7, 11) is 0. The highest BCUT2D eigenvalue weighted by molar-refractivity contribution is 7.12. The smallest absolute Gasteiger partial charge is 0.338 e. The van der Waals surface area contributed by atoms with Gasteiger partial charge in [-0.1, -0.05) is 6.07 Å². The molecule has 8 heteroatoms. The largest absolute Gasteiger partial charge is 0.484 e. The number of amides is 2. The number of carbonyl (C=O) groups excluding carboxylic acids is 3. The molecule has 2 N–H and O–H groups in total. The quantitative estimate of drug-likeness (QED) is 0.613. The number of nitrogens with one attached hydrogen (secondary N) is 2. The second-order valence-corrected chi connectivity index (χ2v) is 5.46. The average Bonchev–Trinajstić information content (AvgIpc) is 3.13. The van der Waals surface area contributed by atoms with Gasteiger partial charge < -0.3 is 9.47 Å². The minimum Gasteiger partial charge on any atom is -0.484 e. The molecule has 24 heavy (non-hydrogen) atoms. The van der Waals surface area contributed by atoms with Crippen LogP contribution >= 0.6 is 11.3 Å². The van der Waals surface area contributed by atoms with Gasteiger partial charge in [0.1, 0.15) is 5.75 Å². The van der Waals surface area contributed by atoms with Gasteiger partial charge in [0.05, 0.1) is 17.0 Å². The van der Waals surface area contributed by atoms with Crippen LogP contribution in [0.2, 0.25) is 0 Å². The molecule has 1 heterocycles. The van der Waals surface area contributed by atoms with Crippen molar-refractivity contribution in [2.75, 3.05) is 13.2 Å². The van der Waals surface area contributed by atoms with Gasteiger partial charge in [0, 0.05) is 0 Å². The fourth-order valence-electron chi connectivity index (χ4n) is 1.68. The second-order valence-electron chi connectivity index (χ2n) is 4.51. The normalized spacial score (nSPS) is 9.88. The van der Waals surface area contributed by atoms with Crippen molar-refractivity contribution in [3.8, 4) is 5.75 Å². The Morgan fingerprint density at radius 1 is 1.08 bits per heavy atom. The highest BCUT2D eigenvalue weighted by Crippen LogP contribution is 2.13. The maximum Gasteiger partial charge on any atom is 0.338 e. The molecule has 0 saturated carbocycles. The topological polar surface area (TPSA) is 93.7 Å². The van der Waals surface area contributed by atoms with E-state index >= 15 is 0 Å². The summed E-state index contributed by atoms with van der Waals surface area (Å²) in [6.45, 7) is 1.75. The van der Waals surface area contributed by atoms with Gasteiger partial charge in [0.2, 0.25) is 0 Å². The highest BCUT2D eigenvalue weighted by Gasteiger charge is 2.09. The summed E-state index contributed by atoms with van der Waals surface area (Å²) in [6.07, 6.45) is 0. The zero-order valence-corrected chi connectivity index (χ0v) is 13.7. The van der Waals surface area contributed by atoms with Gasteiger partial charge in [-0.3, -0.25) is 20.4 Å². The first-order valence-electron chi connectivity index (χ1n) is 7.13. The Labute approximate surface area is 142 Å². The van der Waals surface area contributed by atoms with Crippen molar-refractivity contribution >= 4 is 29.1 Å². The number of carbonyl (C=O) groups is 3. The van der Waals surface area contributed by atoms with Crippen LogP contribution in [0.5, 0.6) is 5.75 Å². The van der Waals surface area contributed by atoms with E-state index in [0.29, 0.717) is 22.8 Å². The van der Waals surface area contributed by atoms with E-state index in [2.05, 4.69) is 10.9 Å². The Bertz CT molecular complexity index is 698. The molecule has 0 saturated heterocycles. The lowest BCUT2D eigenvalue weighted by Crippen LogP contribution is -2.43. The summed E-state index contributed by atoms with van der Waals surface area (Å²) in [5, 5.41) is 1.76. The lowest BCUT2D eigenvalue weighted by atomic mass is 10.2. The van der Waals surface area contributed by atoms with Crippen LogP contribution in [0, 0.1) is 0 Å². The van der Waals surface area contributed by atoms with Crippen molar-refractivity contribution in [3.05, 3.63) is 52.2 Å². The number of ether oxygens (including phenoxy) is 2. The Morgan fingerprint density at radius 3 is 2.46 bits per heavy atom. The van der Waals surface area contributed by atoms with Crippen LogP contribution in [0.15, 0.2) is 41.8 Å². The fourth-order valence-corrected chi connectivity index (χ4v) is 2.30. The number of benzene rings is 1. The Morgan fingerprint density at radius 2 is 1.83 bits per heavy atom. The van der Waals surface area contributed by atoms with Crippen molar-refractivity contribution in [3.63, 3.8) is 0 Å². The van der Waals surface area contributed by atoms with Gasteiger partial charge in [-0.05, 0) is 42.6 Å². The zero-order valence-electron chi connectivity index (χ0n) is 12.9. The average molecular weight is 348 g/mol. The summed E-state index contributed by atoms with van der Waals surface area (Å²) >= 11 is 1.27. The Hall–Kier alpha value is -2.87. The van der Waals surface area contributed by atoms with E-state index in [0.717, 1.165) is 0 Å². The second kappa shape index (κ2) is 8.68. The van der Waals surface area contributed by atoms with Crippen molar-refractivity contribution in [1.82, 2.24) is 10.9 Å². The summed E-state index contributed by atoms with van der Waals surface area (Å²) in [6, 6.07) is 9.60. The highest BCUT2D eigenvalue weighted by atomic mass is 32.1. The maximum atomic E-state index is 11.6. The molecule has 0 atom stereocenters. The Kier molecular flexibility index (Phi) is 6.32. The third-order valence-corrected chi connectivity index (χ3v) is 3.66. The standard InChI is InChI=1S/C16H16N2O5S/c1-2-22-16(21)11-5-7-12(8-6-11)23-10-14(19)17-18-15(20)13-4-3-9-24-13/h3-9H,2,10H2,1H3,(H,17,19)(H,18,20). The van der Waals surface area contributed by atoms with Crippen LogP contribution in [0.3, 0.4) is 0 Å². The monoisotopic (exact) mass is 348 g/mol. The molecule has 2 amide bonds. The van der Waals surface area contributed by atoms with Crippen molar-refractivity contribution in [2.24, 2.45) is 0 Å². The van der Waals surface area contributed by atoms with E-state index in [-0.39, 0.29) is 6.61 Å². The lowest BCUT2D eigenvalue weighted by molar-refractivity contribution is -0.123. The first kappa shape index (κ1) is 17.5. The summed E-state index contributed by atoms with van der Waals surface area (Å²) in [5.41, 5.74) is 4.95. The molecule has 2 rings (SSSR count). The van der Waals surface area contributed by atoms with Gasteiger partial charge in [-0.15, -0.1) is 11.3 Å². The number of hydrazine groups is 1. The SMILES string of the molecule is CCOC(=O)c1ccc(OCC(=O)NNC(=O)c2cccs2)cc1. The molecule has 1 aromatic heterocycles. The van der Waals surface area contributed by atoms with Gasteiger partial charge in [-0.25, -0.2) is 4.79 Å². The fraction of sp³-hybridized carbons (Fsp3) is 0.188. The predicted octanol–water partition coefficient (Wildman–Crippen LogP) is 1.76. The van der Waals surface area contributed by atoms with E-state index in [1.165, 1.54) is 11.3 Å². The molecule has 0 radical (unpaired) electrons. The number of hydrogen-bond donors (Lipinski definition) is 2. The summed E-state index contributed by atoms with van der Waals surface area (Å²) in [5.74, 6) is -0.896.